The quantitative estimate of drug-likeness (QED) is 0.303. The molecule has 0 fully saturated rings. The summed E-state index contributed by atoms with van der Waals surface area (Å²) in [5.41, 5.74) is 0. The van der Waals surface area contributed by atoms with Gasteiger partial charge in [-0.15, -0.1) is 0 Å². The van der Waals surface area contributed by atoms with Crippen LogP contribution in [0.15, 0.2) is 0 Å². The number of carbonyl (C=O) groups is 2. The Hall–Kier alpha value is -0.370. The summed E-state index contributed by atoms with van der Waals surface area (Å²) in [6, 6.07) is -1.65. The molecular weight excluding hydrogens is 219 g/mol. The molecule has 0 saturated heterocycles. The predicted octanol–water partition coefficient (Wildman–Crippen LogP) is -1.69. The van der Waals surface area contributed by atoms with Crippen LogP contribution in [0, 0.1) is 0 Å². The minimum atomic E-state index is -1.65. The molecule has 0 heterocycles. The van der Waals surface area contributed by atoms with E-state index in [9.17, 15) is 9.59 Å². The van der Waals surface area contributed by atoms with Crippen LogP contribution in [0.4, 0.5) is 0 Å². The molecule has 76 valence electrons. The maximum atomic E-state index is 10.5. The summed E-state index contributed by atoms with van der Waals surface area (Å²) in [7, 11) is 2.78. The molecule has 3 N–H and O–H groups in total. The van der Waals surface area contributed by atoms with Crippen molar-refractivity contribution in [3.05, 3.63) is 0 Å². The third-order valence-electron chi connectivity index (χ3n) is 1.39. The molecule has 0 aliphatic heterocycles. The number of hydrogen-bond acceptors (Lipinski definition) is 3. The van der Waals surface area contributed by atoms with E-state index < -0.39 is 18.0 Å². The van der Waals surface area contributed by atoms with Crippen LogP contribution in [0.5, 0.6) is 0 Å². The topological polar surface area (TPSA) is 89.9 Å². The summed E-state index contributed by atoms with van der Waals surface area (Å²) >= 11 is 4.68. The number of nitrogens with one attached hydrogen (secondary N) is 1. The van der Waals surface area contributed by atoms with Gasteiger partial charge in [0, 0.05) is 14.1 Å². The van der Waals surface area contributed by atoms with Crippen molar-refractivity contribution in [2.24, 2.45) is 0 Å². The molecule has 0 aliphatic rings. The molecule has 6 nitrogen and oxygen atoms in total. The fourth-order valence-corrected chi connectivity index (χ4v) is 0.836. The second kappa shape index (κ2) is 6.99. The monoisotopic (exact) mass is 230 g/mol. The van der Waals surface area contributed by atoms with Crippen molar-refractivity contribution in [2.45, 2.75) is 6.04 Å². The van der Waals surface area contributed by atoms with E-state index in [2.05, 4.69) is 17.5 Å². The molecule has 0 aliphatic carbocycles. The molecule has 8 heteroatoms. The number of nitrogens with zero attached hydrogens (tertiary/aromatic N) is 1. The zero-order valence-corrected chi connectivity index (χ0v) is 7.96. The molecule has 0 bridgehead atoms. The summed E-state index contributed by atoms with van der Waals surface area (Å²) in [4.78, 5) is 21.9. The summed E-state index contributed by atoms with van der Waals surface area (Å²) in [5, 5.41) is 19.6. The average molecular weight is 230 g/mol. The Morgan fingerprint density at radius 1 is 1.36 bits per heavy atom. The van der Waals surface area contributed by atoms with Crippen molar-refractivity contribution in [1.29, 1.82) is 0 Å². The van der Waals surface area contributed by atoms with Crippen molar-refractivity contribution < 1.29 is 19.8 Å². The van der Waals surface area contributed by atoms with Crippen molar-refractivity contribution in [3.63, 3.8) is 0 Å². The van der Waals surface area contributed by atoms with Crippen molar-refractivity contribution in [1.82, 2.24) is 10.2 Å². The van der Waals surface area contributed by atoms with Gasteiger partial charge in [0.1, 0.15) is 0 Å². The van der Waals surface area contributed by atoms with Crippen LogP contribution in [0.2, 0.25) is 0 Å². The number of likely N-dealkylation sites (N-methyl/N-ethyl adjacent to an activating group) is 1. The first-order valence-corrected chi connectivity index (χ1v) is 3.72. The standard InChI is InChI=1S/C6H10N2O4S.Na.H/c1-7-6(13)8(2)3(4(9)10)5(11)12;;/h3H,1-2H3,(H,7,13)(H,9,10)(H,11,12);;. The van der Waals surface area contributed by atoms with Gasteiger partial charge in [0.25, 0.3) is 0 Å². The molecule has 14 heavy (non-hydrogen) atoms. The SMILES string of the molecule is CNC(=S)N(C)C(C(=O)O)C(=O)O.[NaH]. The average Bonchev–Trinajstić information content (AvgIpc) is 2.01. The van der Waals surface area contributed by atoms with Gasteiger partial charge in [0.15, 0.2) is 5.11 Å². The van der Waals surface area contributed by atoms with Crippen LogP contribution < -0.4 is 5.32 Å². The fraction of sp³-hybridized carbons (Fsp3) is 0.500. The number of carboxylic acids is 2. The van der Waals surface area contributed by atoms with Crippen LogP contribution in [0.3, 0.4) is 0 Å². The van der Waals surface area contributed by atoms with E-state index >= 15 is 0 Å². The van der Waals surface area contributed by atoms with Crippen LogP contribution in [-0.4, -0.2) is 81.9 Å². The zero-order chi connectivity index (χ0) is 10.6. The number of hydrogen-bond donors (Lipinski definition) is 3. The molecular formula is C6H11N2NaO4S. The summed E-state index contributed by atoms with van der Waals surface area (Å²) in [6.07, 6.45) is 0. The Bertz CT molecular complexity index is 234. The molecule has 0 aromatic heterocycles. The summed E-state index contributed by atoms with van der Waals surface area (Å²) < 4.78 is 0. The fourth-order valence-electron chi connectivity index (χ4n) is 0.731. The van der Waals surface area contributed by atoms with Crippen LogP contribution >= 0.6 is 12.2 Å². The first-order chi connectivity index (χ1) is 5.91. The molecule has 0 radical (unpaired) electrons. The van der Waals surface area contributed by atoms with Gasteiger partial charge in [0.05, 0.1) is 0 Å². The Morgan fingerprint density at radius 3 is 1.93 bits per heavy atom. The van der Waals surface area contributed by atoms with Gasteiger partial charge in [-0.05, 0) is 12.2 Å². The normalized spacial score (nSPS) is 8.79. The Balaban J connectivity index is 0. The molecule has 0 amide bonds. The van der Waals surface area contributed by atoms with E-state index in [1.165, 1.54) is 14.1 Å². The third kappa shape index (κ3) is 4.23. The van der Waals surface area contributed by atoms with Gasteiger partial charge in [-0.2, -0.15) is 0 Å². The van der Waals surface area contributed by atoms with Crippen molar-refractivity contribution in [3.8, 4) is 0 Å². The summed E-state index contributed by atoms with van der Waals surface area (Å²) in [5.74, 6) is -2.90. The van der Waals surface area contributed by atoms with E-state index in [0.717, 1.165) is 4.90 Å². The van der Waals surface area contributed by atoms with E-state index in [0.29, 0.717) is 0 Å². The van der Waals surface area contributed by atoms with Gasteiger partial charge in [0.2, 0.25) is 6.04 Å². The zero-order valence-electron chi connectivity index (χ0n) is 7.14. The molecule has 0 saturated carbocycles. The molecule has 0 aromatic carbocycles. The number of carboxylic acid groups (broad SMARTS) is 2. The number of thiocarbonyl (C=S) groups is 1. The molecule has 0 atom stereocenters. The second-order valence-corrected chi connectivity index (χ2v) is 2.63. The van der Waals surface area contributed by atoms with Gasteiger partial charge in [-0.25, -0.2) is 9.59 Å². The van der Waals surface area contributed by atoms with Gasteiger partial charge in [-0.3, -0.25) is 0 Å². The van der Waals surface area contributed by atoms with E-state index in [-0.39, 0.29) is 34.7 Å². The maximum absolute atomic E-state index is 10.5. The molecule has 0 rings (SSSR count). The molecule has 0 aromatic rings. The van der Waals surface area contributed by atoms with Crippen LogP contribution in [0.25, 0.3) is 0 Å². The van der Waals surface area contributed by atoms with E-state index in [1.54, 1.807) is 0 Å². The van der Waals surface area contributed by atoms with Crippen molar-refractivity contribution in [2.75, 3.05) is 14.1 Å². The Kier molecular flexibility index (Phi) is 8.03. The van der Waals surface area contributed by atoms with Crippen LogP contribution in [0.1, 0.15) is 0 Å². The third-order valence-corrected chi connectivity index (χ3v) is 1.88. The summed E-state index contributed by atoms with van der Waals surface area (Å²) in [6.45, 7) is 0. The predicted molar refractivity (Wildman–Crippen MR) is 55.6 cm³/mol. The van der Waals surface area contributed by atoms with E-state index in [4.69, 9.17) is 10.2 Å². The molecule has 0 unspecified atom stereocenters. The first kappa shape index (κ1) is 16.1. The molecule has 0 spiro atoms. The van der Waals surface area contributed by atoms with Crippen LogP contribution in [-0.2, 0) is 9.59 Å². The minimum absolute atomic E-state index is 0. The van der Waals surface area contributed by atoms with E-state index in [1.807, 2.05) is 0 Å². The van der Waals surface area contributed by atoms with Gasteiger partial charge in [-0.1, -0.05) is 0 Å². The Morgan fingerprint density at radius 2 is 1.71 bits per heavy atom. The number of aliphatic carboxylic acids is 2. The van der Waals surface area contributed by atoms with Gasteiger partial charge >= 0.3 is 41.5 Å². The Labute approximate surface area is 109 Å². The van der Waals surface area contributed by atoms with Gasteiger partial charge < -0.3 is 20.4 Å². The number of rotatable bonds is 3. The second-order valence-electron chi connectivity index (χ2n) is 2.25. The van der Waals surface area contributed by atoms with Crippen molar-refractivity contribution >= 4 is 58.8 Å². The first-order valence-electron chi connectivity index (χ1n) is 3.32.